The molecule has 0 spiro atoms. The fraction of sp³-hybridized carbons (Fsp3) is 0.192. The molecule has 1 unspecified atom stereocenters. The third kappa shape index (κ3) is 5.51. The van der Waals surface area contributed by atoms with Gasteiger partial charge >= 0.3 is 0 Å². The van der Waals surface area contributed by atoms with Crippen molar-refractivity contribution in [2.24, 2.45) is 0 Å². The normalized spacial score (nSPS) is 11.9. The smallest absolute Gasteiger partial charge is 0.265 e. The number of nitrogens with two attached hydrogens (primary N) is 1. The molecule has 5 N–H and O–H groups in total. The highest BCUT2D eigenvalue weighted by Gasteiger charge is 2.14. The number of benzene rings is 3. The number of thiophene rings is 1. The second-order valence-corrected chi connectivity index (χ2v) is 8.83. The number of hydrogen-bond acceptors (Lipinski definition) is 6. The molecule has 0 saturated carbocycles. The van der Waals surface area contributed by atoms with E-state index < -0.39 is 0 Å². The number of hydrogen-bond donors (Lipinski definition) is 4. The molecule has 6 nitrogen and oxygen atoms in total. The van der Waals surface area contributed by atoms with Gasteiger partial charge in [-0.2, -0.15) is 0 Å². The second-order valence-electron chi connectivity index (χ2n) is 7.74. The molecular formula is C26H27N3O3S. The van der Waals surface area contributed by atoms with Gasteiger partial charge in [0.25, 0.3) is 5.91 Å². The lowest BCUT2D eigenvalue weighted by Gasteiger charge is -2.19. The van der Waals surface area contributed by atoms with Crippen molar-refractivity contribution in [3.63, 3.8) is 0 Å². The summed E-state index contributed by atoms with van der Waals surface area (Å²) in [6, 6.07) is 23.2. The number of ether oxygens (including phenoxy) is 1. The fourth-order valence-corrected chi connectivity index (χ4v) is 4.71. The van der Waals surface area contributed by atoms with Gasteiger partial charge < -0.3 is 26.2 Å². The van der Waals surface area contributed by atoms with E-state index in [4.69, 9.17) is 10.5 Å². The average Bonchev–Trinajstić information content (AvgIpc) is 3.27. The highest BCUT2D eigenvalue weighted by atomic mass is 32.1. The van der Waals surface area contributed by atoms with Crippen LogP contribution < -0.4 is 21.1 Å². The number of para-hydroxylation sites is 2. The Morgan fingerprint density at radius 2 is 1.88 bits per heavy atom. The Hall–Kier alpha value is -3.39. The van der Waals surface area contributed by atoms with Crippen molar-refractivity contribution in [3.05, 3.63) is 88.8 Å². The van der Waals surface area contributed by atoms with Crippen LogP contribution in [0.4, 0.5) is 11.4 Å². The number of anilines is 2. The van der Waals surface area contributed by atoms with Crippen LogP contribution in [0.5, 0.6) is 5.75 Å². The molecule has 1 heterocycles. The summed E-state index contributed by atoms with van der Waals surface area (Å²) >= 11 is 1.46. The van der Waals surface area contributed by atoms with Crippen LogP contribution in [-0.2, 0) is 6.54 Å². The van der Waals surface area contributed by atoms with Crippen LogP contribution >= 0.6 is 11.3 Å². The number of fused-ring (bicyclic) bond motifs is 1. The summed E-state index contributed by atoms with van der Waals surface area (Å²) in [6.45, 7) is 0.741. The van der Waals surface area contributed by atoms with E-state index >= 15 is 0 Å². The molecule has 0 radical (unpaired) electrons. The summed E-state index contributed by atoms with van der Waals surface area (Å²) in [4.78, 5) is 13.3. The molecule has 0 aliphatic heterocycles. The number of carbonyl (C=O) groups is 1. The van der Waals surface area contributed by atoms with Crippen LogP contribution in [0.25, 0.3) is 10.1 Å². The Kier molecular flexibility index (Phi) is 7.24. The zero-order valence-corrected chi connectivity index (χ0v) is 19.2. The molecule has 0 aliphatic carbocycles. The average molecular weight is 462 g/mol. The van der Waals surface area contributed by atoms with Crippen molar-refractivity contribution in [1.29, 1.82) is 0 Å². The van der Waals surface area contributed by atoms with Crippen LogP contribution in [0.1, 0.15) is 33.3 Å². The number of aliphatic hydroxyl groups is 1. The minimum Gasteiger partial charge on any atom is -0.497 e. The van der Waals surface area contributed by atoms with E-state index in [0.29, 0.717) is 29.2 Å². The molecule has 1 aromatic heterocycles. The minimum absolute atomic E-state index is 0.0256. The highest BCUT2D eigenvalue weighted by Crippen LogP contribution is 2.29. The van der Waals surface area contributed by atoms with Gasteiger partial charge in [-0.05, 0) is 59.3 Å². The van der Waals surface area contributed by atoms with Crippen molar-refractivity contribution < 1.29 is 14.6 Å². The molecule has 170 valence electrons. The summed E-state index contributed by atoms with van der Waals surface area (Å²) in [7, 11) is 1.64. The molecule has 3 aromatic carbocycles. The van der Waals surface area contributed by atoms with E-state index in [9.17, 15) is 9.90 Å². The minimum atomic E-state index is -0.170. The lowest BCUT2D eigenvalue weighted by Crippen LogP contribution is -2.22. The molecule has 0 fully saturated rings. The maximum atomic E-state index is 12.7. The first-order valence-corrected chi connectivity index (χ1v) is 11.6. The van der Waals surface area contributed by atoms with Gasteiger partial charge in [0, 0.05) is 23.9 Å². The lowest BCUT2D eigenvalue weighted by molar-refractivity contribution is 0.103. The number of nitrogen functional groups attached to an aromatic ring is 1. The van der Waals surface area contributed by atoms with Crippen molar-refractivity contribution >= 4 is 38.7 Å². The summed E-state index contributed by atoms with van der Waals surface area (Å²) in [6.07, 6.45) is 0.612. The summed E-state index contributed by atoms with van der Waals surface area (Å²) in [5.41, 5.74) is 9.29. The monoisotopic (exact) mass is 461 g/mol. The lowest BCUT2D eigenvalue weighted by atomic mass is 10.0. The third-order valence-electron chi connectivity index (χ3n) is 5.51. The zero-order chi connectivity index (χ0) is 23.2. The van der Waals surface area contributed by atoms with Crippen LogP contribution in [0.3, 0.4) is 0 Å². The Morgan fingerprint density at radius 3 is 2.61 bits per heavy atom. The van der Waals surface area contributed by atoms with Crippen LogP contribution in [0.15, 0.2) is 72.8 Å². The van der Waals surface area contributed by atoms with E-state index in [-0.39, 0.29) is 18.6 Å². The molecular weight excluding hydrogens is 434 g/mol. The van der Waals surface area contributed by atoms with Gasteiger partial charge in [0.05, 0.1) is 23.4 Å². The first-order valence-electron chi connectivity index (χ1n) is 10.7. The van der Waals surface area contributed by atoms with Crippen molar-refractivity contribution in [2.45, 2.75) is 19.0 Å². The second kappa shape index (κ2) is 10.5. The number of rotatable bonds is 9. The van der Waals surface area contributed by atoms with Crippen molar-refractivity contribution in [2.75, 3.05) is 24.8 Å². The van der Waals surface area contributed by atoms with E-state index in [0.717, 1.165) is 27.0 Å². The third-order valence-corrected chi connectivity index (χ3v) is 6.60. The molecule has 0 aliphatic rings. The first-order chi connectivity index (χ1) is 16.1. The largest absolute Gasteiger partial charge is 0.497 e. The predicted molar refractivity (Wildman–Crippen MR) is 135 cm³/mol. The Balaban J connectivity index is 1.46. The number of aliphatic hydroxyl groups excluding tert-OH is 1. The molecule has 7 heteroatoms. The molecule has 4 aromatic rings. The molecule has 33 heavy (non-hydrogen) atoms. The van der Waals surface area contributed by atoms with Crippen LogP contribution in [0, 0.1) is 0 Å². The van der Waals surface area contributed by atoms with E-state index in [2.05, 4.69) is 22.8 Å². The number of nitrogens with one attached hydrogen (secondary N) is 2. The number of amides is 1. The van der Waals surface area contributed by atoms with Gasteiger partial charge in [0.15, 0.2) is 0 Å². The van der Waals surface area contributed by atoms with Crippen LogP contribution in [0.2, 0.25) is 0 Å². The van der Waals surface area contributed by atoms with Gasteiger partial charge in [-0.1, -0.05) is 36.4 Å². The van der Waals surface area contributed by atoms with Crippen LogP contribution in [-0.4, -0.2) is 24.7 Å². The molecule has 1 amide bonds. The summed E-state index contributed by atoms with van der Waals surface area (Å²) in [5.74, 6) is 0.635. The van der Waals surface area contributed by atoms with E-state index in [1.807, 2.05) is 48.5 Å². The van der Waals surface area contributed by atoms with Crippen molar-refractivity contribution in [1.82, 2.24) is 5.32 Å². The fourth-order valence-electron chi connectivity index (χ4n) is 3.69. The molecule has 1 atom stereocenters. The molecule has 0 saturated heterocycles. The maximum Gasteiger partial charge on any atom is 0.265 e. The van der Waals surface area contributed by atoms with E-state index in [1.165, 1.54) is 11.3 Å². The summed E-state index contributed by atoms with van der Waals surface area (Å²) in [5, 5.41) is 16.9. The highest BCUT2D eigenvalue weighted by molar-refractivity contribution is 7.20. The van der Waals surface area contributed by atoms with Gasteiger partial charge in [-0.25, -0.2) is 0 Å². The van der Waals surface area contributed by atoms with Gasteiger partial charge in [0.2, 0.25) is 0 Å². The SMILES string of the molecule is COc1ccc(C(CCO)NCc2ccc3cc(C(=O)Nc4ccccc4N)sc3c2)cc1. The quantitative estimate of drug-likeness (QED) is 0.264. The number of methoxy groups -OCH3 is 1. The summed E-state index contributed by atoms with van der Waals surface area (Å²) < 4.78 is 6.28. The topological polar surface area (TPSA) is 96.6 Å². The maximum absolute atomic E-state index is 12.7. The zero-order valence-electron chi connectivity index (χ0n) is 18.4. The van der Waals surface area contributed by atoms with Crippen molar-refractivity contribution in [3.8, 4) is 5.75 Å². The van der Waals surface area contributed by atoms with Gasteiger partial charge in [-0.3, -0.25) is 4.79 Å². The molecule has 0 bridgehead atoms. The van der Waals surface area contributed by atoms with Gasteiger partial charge in [-0.15, -0.1) is 11.3 Å². The Morgan fingerprint density at radius 1 is 1.09 bits per heavy atom. The Bertz CT molecular complexity index is 1240. The number of carbonyl (C=O) groups excluding carboxylic acids is 1. The standard InChI is InChI=1S/C26H27N3O3S/c1-32-20-10-8-18(9-11-20)22(12-13-30)28-16-17-6-7-19-15-25(33-24(19)14-17)26(31)29-23-5-3-2-4-21(23)27/h2-11,14-15,22,28,30H,12-13,16,27H2,1H3,(H,29,31). The Labute approximate surface area is 197 Å². The van der Waals surface area contributed by atoms with E-state index in [1.54, 1.807) is 19.2 Å². The molecule has 4 rings (SSSR count). The predicted octanol–water partition coefficient (Wildman–Crippen LogP) is 4.96. The van der Waals surface area contributed by atoms with Gasteiger partial charge in [0.1, 0.15) is 5.75 Å². The first kappa shape index (κ1) is 22.8.